The van der Waals surface area contributed by atoms with E-state index in [0.717, 1.165) is 24.0 Å². The van der Waals surface area contributed by atoms with Gasteiger partial charge in [-0.3, -0.25) is 4.79 Å². The SMILES string of the molecule is CS(=O)(=O)Cc1ccc(C2(CC(=O)O)CC2)cc1. The maximum absolute atomic E-state index is 11.2. The van der Waals surface area contributed by atoms with Crippen LogP contribution in [-0.4, -0.2) is 25.7 Å². The molecule has 0 unspecified atom stereocenters. The molecule has 2 rings (SSSR count). The Morgan fingerprint density at radius 2 is 1.83 bits per heavy atom. The summed E-state index contributed by atoms with van der Waals surface area (Å²) in [4.78, 5) is 10.8. The molecule has 1 fully saturated rings. The van der Waals surface area contributed by atoms with Crippen molar-refractivity contribution >= 4 is 15.8 Å². The lowest BCUT2D eigenvalue weighted by Gasteiger charge is -2.13. The Kier molecular flexibility index (Phi) is 3.19. The lowest BCUT2D eigenvalue weighted by Crippen LogP contribution is -2.13. The number of rotatable bonds is 5. The third-order valence-electron chi connectivity index (χ3n) is 3.34. The molecule has 0 bridgehead atoms. The Morgan fingerprint density at radius 1 is 1.28 bits per heavy atom. The van der Waals surface area contributed by atoms with E-state index in [9.17, 15) is 13.2 Å². The van der Waals surface area contributed by atoms with E-state index in [4.69, 9.17) is 5.11 Å². The molecular weight excluding hydrogens is 252 g/mol. The molecule has 0 aromatic heterocycles. The van der Waals surface area contributed by atoms with Crippen LogP contribution in [0.5, 0.6) is 0 Å². The fourth-order valence-electron chi connectivity index (χ4n) is 2.27. The maximum atomic E-state index is 11.2. The molecule has 1 N–H and O–H groups in total. The second-order valence-corrected chi connectivity index (χ2v) is 7.26. The van der Waals surface area contributed by atoms with Crippen molar-refractivity contribution in [1.82, 2.24) is 0 Å². The Bertz CT molecular complexity index is 553. The average Bonchev–Trinajstić information content (AvgIpc) is 2.96. The van der Waals surface area contributed by atoms with Crippen LogP contribution in [0.2, 0.25) is 0 Å². The second kappa shape index (κ2) is 4.39. The van der Waals surface area contributed by atoms with Gasteiger partial charge in [-0.2, -0.15) is 0 Å². The summed E-state index contributed by atoms with van der Waals surface area (Å²) in [7, 11) is -3.02. The molecule has 1 saturated carbocycles. The summed E-state index contributed by atoms with van der Waals surface area (Å²) in [6, 6.07) is 7.27. The summed E-state index contributed by atoms with van der Waals surface area (Å²) in [5.41, 5.74) is 1.53. The summed E-state index contributed by atoms with van der Waals surface area (Å²) in [5.74, 6) is -0.758. The lowest BCUT2D eigenvalue weighted by atomic mass is 9.92. The zero-order valence-electron chi connectivity index (χ0n) is 10.2. The molecule has 0 saturated heterocycles. The van der Waals surface area contributed by atoms with Crippen LogP contribution >= 0.6 is 0 Å². The van der Waals surface area contributed by atoms with Crippen LogP contribution in [0.4, 0.5) is 0 Å². The highest BCUT2D eigenvalue weighted by Crippen LogP contribution is 2.50. The number of carbonyl (C=O) groups is 1. The summed E-state index contributed by atoms with van der Waals surface area (Å²) in [5, 5.41) is 8.88. The molecule has 0 amide bonds. The minimum atomic E-state index is -3.02. The third-order valence-corrected chi connectivity index (χ3v) is 4.20. The topological polar surface area (TPSA) is 71.4 Å². The van der Waals surface area contributed by atoms with Gasteiger partial charge in [0.1, 0.15) is 0 Å². The van der Waals surface area contributed by atoms with Gasteiger partial charge in [-0.05, 0) is 24.0 Å². The number of carboxylic acids is 1. The Balaban J connectivity index is 2.16. The van der Waals surface area contributed by atoms with E-state index >= 15 is 0 Å². The van der Waals surface area contributed by atoms with Gasteiger partial charge < -0.3 is 5.11 Å². The molecule has 0 spiro atoms. The first-order valence-corrected chi connectivity index (χ1v) is 7.86. The van der Waals surface area contributed by atoms with Gasteiger partial charge in [0.15, 0.2) is 9.84 Å². The van der Waals surface area contributed by atoms with Crippen LogP contribution < -0.4 is 0 Å². The lowest BCUT2D eigenvalue weighted by molar-refractivity contribution is -0.137. The molecule has 0 heterocycles. The highest BCUT2D eigenvalue weighted by molar-refractivity contribution is 7.89. The van der Waals surface area contributed by atoms with Crippen LogP contribution in [0, 0.1) is 0 Å². The van der Waals surface area contributed by atoms with Crippen LogP contribution in [0.15, 0.2) is 24.3 Å². The Labute approximate surface area is 107 Å². The maximum Gasteiger partial charge on any atom is 0.304 e. The molecule has 1 aromatic carbocycles. The first-order chi connectivity index (χ1) is 8.31. The first kappa shape index (κ1) is 13.1. The Hall–Kier alpha value is -1.36. The van der Waals surface area contributed by atoms with Gasteiger partial charge in [-0.15, -0.1) is 0 Å². The molecule has 0 atom stereocenters. The van der Waals surface area contributed by atoms with E-state index < -0.39 is 15.8 Å². The highest BCUT2D eigenvalue weighted by Gasteiger charge is 2.45. The van der Waals surface area contributed by atoms with E-state index in [1.807, 2.05) is 12.1 Å². The number of sulfone groups is 1. The van der Waals surface area contributed by atoms with Crippen LogP contribution in [0.3, 0.4) is 0 Å². The number of hydrogen-bond acceptors (Lipinski definition) is 3. The second-order valence-electron chi connectivity index (χ2n) is 5.12. The zero-order chi connectivity index (χ0) is 13.4. The van der Waals surface area contributed by atoms with Crippen LogP contribution in [0.25, 0.3) is 0 Å². The van der Waals surface area contributed by atoms with Crippen molar-refractivity contribution in [2.75, 3.05) is 6.26 Å². The van der Waals surface area contributed by atoms with Crippen molar-refractivity contribution in [1.29, 1.82) is 0 Å². The van der Waals surface area contributed by atoms with E-state index in [1.54, 1.807) is 12.1 Å². The quantitative estimate of drug-likeness (QED) is 0.883. The van der Waals surface area contributed by atoms with Crippen molar-refractivity contribution < 1.29 is 18.3 Å². The van der Waals surface area contributed by atoms with Gasteiger partial charge in [-0.25, -0.2) is 8.42 Å². The van der Waals surface area contributed by atoms with Gasteiger partial charge >= 0.3 is 5.97 Å². The molecule has 0 aliphatic heterocycles. The van der Waals surface area contributed by atoms with Crippen molar-refractivity contribution in [2.24, 2.45) is 0 Å². The largest absolute Gasteiger partial charge is 0.481 e. The van der Waals surface area contributed by atoms with E-state index in [1.165, 1.54) is 6.26 Å². The minimum absolute atomic E-state index is 0.0270. The fourth-order valence-corrected chi connectivity index (χ4v) is 3.06. The summed E-state index contributed by atoms with van der Waals surface area (Å²) in [6.45, 7) is 0. The predicted molar refractivity (Wildman–Crippen MR) is 68.2 cm³/mol. The third kappa shape index (κ3) is 3.10. The smallest absolute Gasteiger partial charge is 0.304 e. The molecule has 1 aliphatic carbocycles. The standard InChI is InChI=1S/C13H16O4S/c1-18(16,17)9-10-2-4-11(5-3-10)13(6-7-13)8-12(14)15/h2-5H,6-9H2,1H3,(H,14,15). The molecule has 4 nitrogen and oxygen atoms in total. The van der Waals surface area contributed by atoms with E-state index in [0.29, 0.717) is 0 Å². The monoisotopic (exact) mass is 268 g/mol. The number of aliphatic carboxylic acids is 1. The predicted octanol–water partition coefficient (Wildman–Crippen LogP) is 1.74. The van der Waals surface area contributed by atoms with Crippen molar-refractivity contribution in [2.45, 2.75) is 30.4 Å². The fraction of sp³-hybridized carbons (Fsp3) is 0.462. The molecule has 1 aliphatic rings. The molecule has 0 radical (unpaired) electrons. The summed E-state index contributed by atoms with van der Waals surface area (Å²) >= 11 is 0. The normalized spacial score (nSPS) is 17.4. The van der Waals surface area contributed by atoms with Gasteiger partial charge in [0, 0.05) is 11.7 Å². The van der Waals surface area contributed by atoms with Gasteiger partial charge in [0.25, 0.3) is 0 Å². The van der Waals surface area contributed by atoms with Crippen LogP contribution in [0.1, 0.15) is 30.4 Å². The molecule has 98 valence electrons. The van der Waals surface area contributed by atoms with Gasteiger partial charge in [0.05, 0.1) is 12.2 Å². The molecular formula is C13H16O4S. The zero-order valence-corrected chi connectivity index (χ0v) is 11.0. The summed E-state index contributed by atoms with van der Waals surface area (Å²) < 4.78 is 22.3. The van der Waals surface area contributed by atoms with Gasteiger partial charge in [-0.1, -0.05) is 24.3 Å². The van der Waals surface area contributed by atoms with Crippen LogP contribution in [-0.2, 0) is 25.8 Å². The van der Waals surface area contributed by atoms with Crippen molar-refractivity contribution in [3.8, 4) is 0 Å². The first-order valence-electron chi connectivity index (χ1n) is 5.80. The number of hydrogen-bond donors (Lipinski definition) is 1. The minimum Gasteiger partial charge on any atom is -0.481 e. The number of carboxylic acid groups (broad SMARTS) is 1. The molecule has 5 heteroatoms. The molecule has 1 aromatic rings. The summed E-state index contributed by atoms with van der Waals surface area (Å²) in [6.07, 6.45) is 3.14. The van der Waals surface area contributed by atoms with Crippen molar-refractivity contribution in [3.05, 3.63) is 35.4 Å². The highest BCUT2D eigenvalue weighted by atomic mass is 32.2. The van der Waals surface area contributed by atoms with Crippen molar-refractivity contribution in [3.63, 3.8) is 0 Å². The number of benzene rings is 1. The van der Waals surface area contributed by atoms with E-state index in [-0.39, 0.29) is 17.6 Å². The van der Waals surface area contributed by atoms with E-state index in [2.05, 4.69) is 0 Å². The average molecular weight is 268 g/mol. The Morgan fingerprint density at radius 3 is 2.22 bits per heavy atom. The molecule has 18 heavy (non-hydrogen) atoms. The van der Waals surface area contributed by atoms with Gasteiger partial charge in [0.2, 0.25) is 0 Å².